The van der Waals surface area contributed by atoms with Crippen LogP contribution < -0.4 is 10.6 Å². The molecule has 1 amide bonds. The van der Waals surface area contributed by atoms with Crippen molar-refractivity contribution in [3.63, 3.8) is 0 Å². The molecule has 4 rings (SSSR count). The van der Waals surface area contributed by atoms with Crippen LogP contribution in [0.5, 0.6) is 0 Å². The third-order valence-electron chi connectivity index (χ3n) is 5.31. The van der Waals surface area contributed by atoms with E-state index in [0.717, 1.165) is 42.1 Å². The lowest BCUT2D eigenvalue weighted by molar-refractivity contribution is 0.100. The van der Waals surface area contributed by atoms with Crippen molar-refractivity contribution in [2.75, 3.05) is 18.0 Å². The minimum Gasteiger partial charge on any atom is -0.366 e. The molecular weight excluding hydrogens is 346 g/mol. The summed E-state index contributed by atoms with van der Waals surface area (Å²) in [6.45, 7) is 2.04. The fourth-order valence-electron chi connectivity index (χ4n) is 3.84. The predicted molar refractivity (Wildman–Crippen MR) is 107 cm³/mol. The van der Waals surface area contributed by atoms with Crippen molar-refractivity contribution in [2.24, 2.45) is 11.7 Å². The van der Waals surface area contributed by atoms with Gasteiger partial charge in [-0.2, -0.15) is 0 Å². The van der Waals surface area contributed by atoms with Gasteiger partial charge in [-0.25, -0.2) is 0 Å². The number of aromatic nitrogens is 1. The minimum absolute atomic E-state index is 0.367. The highest BCUT2D eigenvalue weighted by atomic mass is 35.5. The highest BCUT2D eigenvalue weighted by Crippen LogP contribution is 2.32. The van der Waals surface area contributed by atoms with Crippen LogP contribution in [0.15, 0.2) is 48.5 Å². The van der Waals surface area contributed by atoms with Gasteiger partial charge in [0.2, 0.25) is 5.91 Å². The van der Waals surface area contributed by atoms with Crippen molar-refractivity contribution in [3.05, 3.63) is 64.7 Å². The number of fused-ring (bicyclic) bond motifs is 1. The molecule has 3 N–H and O–H groups in total. The first-order valence-electron chi connectivity index (χ1n) is 9.01. The van der Waals surface area contributed by atoms with Gasteiger partial charge >= 0.3 is 0 Å². The van der Waals surface area contributed by atoms with E-state index in [9.17, 15) is 4.79 Å². The van der Waals surface area contributed by atoms with E-state index in [-0.39, 0.29) is 0 Å². The number of aromatic amines is 1. The Bertz CT molecular complexity index is 927. The van der Waals surface area contributed by atoms with Crippen LogP contribution in [0.2, 0.25) is 5.02 Å². The summed E-state index contributed by atoms with van der Waals surface area (Å²) in [7, 11) is 0. The Morgan fingerprint density at radius 2 is 1.88 bits per heavy atom. The fourth-order valence-corrected chi connectivity index (χ4v) is 4.15. The van der Waals surface area contributed by atoms with Gasteiger partial charge in [-0.1, -0.05) is 41.9 Å². The quantitative estimate of drug-likeness (QED) is 0.718. The number of anilines is 1. The van der Waals surface area contributed by atoms with E-state index in [4.69, 9.17) is 17.3 Å². The summed E-state index contributed by atoms with van der Waals surface area (Å²) in [5.74, 6) is 1.28. The van der Waals surface area contributed by atoms with Gasteiger partial charge in [-0.3, -0.25) is 4.79 Å². The van der Waals surface area contributed by atoms with Crippen molar-refractivity contribution in [2.45, 2.75) is 19.3 Å². The van der Waals surface area contributed by atoms with Crippen molar-refractivity contribution in [3.8, 4) is 0 Å². The number of nitrogens with two attached hydrogens (primary N) is 1. The topological polar surface area (TPSA) is 62.1 Å². The number of benzene rings is 2. The summed E-state index contributed by atoms with van der Waals surface area (Å²) in [5, 5.41) is 1.28. The molecule has 4 nitrogen and oxygen atoms in total. The molecule has 2 aromatic carbocycles. The Morgan fingerprint density at radius 1 is 1.15 bits per heavy atom. The van der Waals surface area contributed by atoms with Crippen LogP contribution in [0.25, 0.3) is 10.9 Å². The number of nitrogens with zero attached hydrogens (tertiary/aromatic N) is 1. The Morgan fingerprint density at radius 3 is 2.58 bits per heavy atom. The number of rotatable bonds is 4. The number of hydrogen-bond donors (Lipinski definition) is 2. The van der Waals surface area contributed by atoms with Gasteiger partial charge in [0.25, 0.3) is 0 Å². The Balaban J connectivity index is 1.47. The Labute approximate surface area is 157 Å². The standard InChI is InChI=1S/C21H22ClN3O/c22-20-16(21(23)26)6-7-18-17(20)13-19(24-18)25-10-8-15(9-11-25)12-14-4-2-1-3-5-14/h1-7,13,15,24H,8-12H2,(H2,23,26). The summed E-state index contributed by atoms with van der Waals surface area (Å²) in [4.78, 5) is 17.3. The highest BCUT2D eigenvalue weighted by Gasteiger charge is 2.21. The molecule has 2 heterocycles. The Hall–Kier alpha value is -2.46. The van der Waals surface area contributed by atoms with Crippen LogP contribution in [0.1, 0.15) is 28.8 Å². The molecule has 26 heavy (non-hydrogen) atoms. The maximum absolute atomic E-state index is 11.5. The van der Waals surface area contributed by atoms with Gasteiger partial charge < -0.3 is 15.6 Å². The zero-order valence-electron chi connectivity index (χ0n) is 14.5. The van der Waals surface area contributed by atoms with Crippen LogP contribution in [0.3, 0.4) is 0 Å². The van der Waals surface area contributed by atoms with Gasteiger partial charge in [-0.05, 0) is 48.9 Å². The van der Waals surface area contributed by atoms with E-state index in [1.807, 2.05) is 12.1 Å². The first-order chi connectivity index (χ1) is 12.6. The van der Waals surface area contributed by atoms with Crippen molar-refractivity contribution in [1.29, 1.82) is 0 Å². The van der Waals surface area contributed by atoms with E-state index in [0.29, 0.717) is 10.6 Å². The van der Waals surface area contributed by atoms with Gasteiger partial charge in [0, 0.05) is 24.0 Å². The molecule has 0 radical (unpaired) electrons. The average molecular weight is 368 g/mol. The molecule has 3 aromatic rings. The lowest BCUT2D eigenvalue weighted by Gasteiger charge is -2.32. The largest absolute Gasteiger partial charge is 0.366 e. The van der Waals surface area contributed by atoms with Crippen molar-refractivity contribution >= 4 is 34.2 Å². The number of H-pyrrole nitrogens is 1. The second-order valence-electron chi connectivity index (χ2n) is 7.03. The van der Waals surface area contributed by atoms with Gasteiger partial charge in [0.05, 0.1) is 10.6 Å². The van der Waals surface area contributed by atoms with E-state index >= 15 is 0 Å². The molecule has 134 valence electrons. The molecule has 0 atom stereocenters. The van der Waals surface area contributed by atoms with E-state index < -0.39 is 5.91 Å². The maximum atomic E-state index is 11.5. The first kappa shape index (κ1) is 17.0. The third-order valence-corrected chi connectivity index (χ3v) is 5.72. The molecule has 1 fully saturated rings. The monoisotopic (exact) mass is 367 g/mol. The maximum Gasteiger partial charge on any atom is 0.250 e. The molecule has 0 spiro atoms. The minimum atomic E-state index is -0.499. The molecule has 1 aromatic heterocycles. The number of hydrogen-bond acceptors (Lipinski definition) is 2. The average Bonchev–Trinajstić information content (AvgIpc) is 3.08. The molecule has 0 bridgehead atoms. The molecular formula is C21H22ClN3O. The zero-order chi connectivity index (χ0) is 18.1. The van der Waals surface area contributed by atoms with Crippen LogP contribution in [0, 0.1) is 5.92 Å². The number of carbonyl (C=O) groups excluding carboxylic acids is 1. The highest BCUT2D eigenvalue weighted by molar-refractivity contribution is 6.38. The van der Waals surface area contributed by atoms with E-state index in [1.54, 1.807) is 6.07 Å². The molecule has 0 unspecified atom stereocenters. The molecule has 0 saturated carbocycles. The lowest BCUT2D eigenvalue weighted by Crippen LogP contribution is -2.34. The number of primary amides is 1. The number of piperidine rings is 1. The van der Waals surface area contributed by atoms with Crippen LogP contribution in [0.4, 0.5) is 5.82 Å². The predicted octanol–water partition coefficient (Wildman–Crippen LogP) is 4.38. The summed E-state index contributed by atoms with van der Waals surface area (Å²) in [6.07, 6.45) is 3.49. The summed E-state index contributed by atoms with van der Waals surface area (Å²) < 4.78 is 0. The Kier molecular flexibility index (Phi) is 4.60. The van der Waals surface area contributed by atoms with Gasteiger partial charge in [0.15, 0.2) is 0 Å². The fraction of sp³-hybridized carbons (Fsp3) is 0.286. The second kappa shape index (κ2) is 7.04. The number of nitrogens with one attached hydrogen (secondary N) is 1. The normalized spacial score (nSPS) is 15.5. The van der Waals surface area contributed by atoms with Gasteiger partial charge in [-0.15, -0.1) is 0 Å². The number of halogens is 1. The second-order valence-corrected chi connectivity index (χ2v) is 7.41. The number of amides is 1. The van der Waals surface area contributed by atoms with Crippen molar-refractivity contribution < 1.29 is 4.79 Å². The molecule has 5 heteroatoms. The smallest absolute Gasteiger partial charge is 0.250 e. The van der Waals surface area contributed by atoms with Crippen LogP contribution >= 0.6 is 11.6 Å². The SMILES string of the molecule is NC(=O)c1ccc2[nH]c(N3CCC(Cc4ccccc4)CC3)cc2c1Cl. The first-order valence-corrected chi connectivity index (χ1v) is 9.39. The summed E-state index contributed by atoms with van der Waals surface area (Å²) >= 11 is 6.36. The summed E-state index contributed by atoms with van der Waals surface area (Å²) in [5.41, 5.74) is 8.11. The third kappa shape index (κ3) is 3.29. The van der Waals surface area contributed by atoms with E-state index in [2.05, 4.69) is 40.2 Å². The van der Waals surface area contributed by atoms with Crippen molar-refractivity contribution in [1.82, 2.24) is 4.98 Å². The number of carbonyl (C=O) groups is 1. The van der Waals surface area contributed by atoms with Crippen LogP contribution in [-0.4, -0.2) is 24.0 Å². The van der Waals surface area contributed by atoms with E-state index in [1.165, 1.54) is 18.4 Å². The lowest BCUT2D eigenvalue weighted by atomic mass is 9.90. The molecule has 1 aliphatic rings. The summed E-state index contributed by atoms with van der Waals surface area (Å²) in [6, 6.07) is 16.3. The van der Waals surface area contributed by atoms with Crippen LogP contribution in [-0.2, 0) is 6.42 Å². The molecule has 1 aliphatic heterocycles. The van der Waals surface area contributed by atoms with Gasteiger partial charge in [0.1, 0.15) is 5.82 Å². The molecule has 1 saturated heterocycles. The zero-order valence-corrected chi connectivity index (χ0v) is 15.3. The molecule has 0 aliphatic carbocycles.